The summed E-state index contributed by atoms with van der Waals surface area (Å²) in [5.41, 5.74) is 8.73. The molecular formula is C17H21N3O3. The van der Waals surface area contributed by atoms with E-state index >= 15 is 0 Å². The molecule has 2 rings (SSSR count). The highest BCUT2D eigenvalue weighted by molar-refractivity contribution is 6.11. The van der Waals surface area contributed by atoms with E-state index in [-0.39, 0.29) is 23.9 Å². The molecule has 1 aromatic heterocycles. The van der Waals surface area contributed by atoms with Gasteiger partial charge in [-0.05, 0) is 51.0 Å². The molecule has 0 saturated heterocycles. The van der Waals surface area contributed by atoms with Crippen LogP contribution in [0.25, 0.3) is 10.9 Å². The maximum atomic E-state index is 12.1. The van der Waals surface area contributed by atoms with E-state index in [9.17, 15) is 9.59 Å². The number of esters is 1. The molecule has 6 nitrogen and oxygen atoms in total. The Morgan fingerprint density at radius 1 is 1.35 bits per heavy atom. The van der Waals surface area contributed by atoms with Crippen LogP contribution < -0.4 is 5.73 Å². The molecule has 0 bridgehead atoms. The molecule has 2 aromatic rings. The van der Waals surface area contributed by atoms with E-state index in [1.165, 1.54) is 6.92 Å². The molecule has 1 heterocycles. The molecule has 0 aliphatic carbocycles. The Morgan fingerprint density at radius 3 is 2.52 bits per heavy atom. The lowest BCUT2D eigenvalue weighted by Gasteiger charge is -2.16. The van der Waals surface area contributed by atoms with Crippen LogP contribution in [0.3, 0.4) is 0 Å². The fourth-order valence-corrected chi connectivity index (χ4v) is 2.88. The average Bonchev–Trinajstić information content (AvgIpc) is 2.73. The number of rotatable bonds is 5. The van der Waals surface area contributed by atoms with E-state index in [0.717, 1.165) is 11.1 Å². The van der Waals surface area contributed by atoms with Crippen molar-refractivity contribution in [2.24, 2.45) is 0 Å². The van der Waals surface area contributed by atoms with Crippen molar-refractivity contribution in [2.45, 2.75) is 33.6 Å². The van der Waals surface area contributed by atoms with Crippen LogP contribution in [0.5, 0.6) is 0 Å². The predicted molar refractivity (Wildman–Crippen MR) is 90.2 cm³/mol. The number of carbonyl (C=O) groups is 2. The molecule has 4 N–H and O–H groups in total. The SMILES string of the molecule is CCOC(=O)c1c(N)[nH]c2cc(C(C(C)=N)C(C)=O)c(C)cc12. The third-order valence-corrected chi connectivity index (χ3v) is 3.84. The lowest BCUT2D eigenvalue weighted by molar-refractivity contribution is -0.117. The van der Waals surface area contributed by atoms with Crippen molar-refractivity contribution < 1.29 is 14.3 Å². The zero-order valence-electron chi connectivity index (χ0n) is 13.7. The Kier molecular flexibility index (Phi) is 4.54. The number of H-pyrrole nitrogens is 1. The number of ether oxygens (including phenoxy) is 1. The second-order valence-electron chi connectivity index (χ2n) is 5.62. The molecule has 6 heteroatoms. The first kappa shape index (κ1) is 16.7. The second-order valence-corrected chi connectivity index (χ2v) is 5.62. The lowest BCUT2D eigenvalue weighted by Crippen LogP contribution is -2.17. The molecule has 1 unspecified atom stereocenters. The Bertz CT molecular complexity index is 791. The van der Waals surface area contributed by atoms with Crippen LogP contribution >= 0.6 is 0 Å². The van der Waals surface area contributed by atoms with Crippen molar-refractivity contribution >= 4 is 34.2 Å². The molecule has 0 spiro atoms. The van der Waals surface area contributed by atoms with Gasteiger partial charge in [0.15, 0.2) is 0 Å². The molecule has 0 fully saturated rings. The molecule has 0 saturated carbocycles. The van der Waals surface area contributed by atoms with Gasteiger partial charge < -0.3 is 20.9 Å². The molecule has 0 amide bonds. The first-order valence-electron chi connectivity index (χ1n) is 7.42. The van der Waals surface area contributed by atoms with Crippen LogP contribution in [0.4, 0.5) is 5.82 Å². The normalized spacial score (nSPS) is 12.2. The van der Waals surface area contributed by atoms with Crippen LogP contribution in [0.2, 0.25) is 0 Å². The zero-order chi connectivity index (χ0) is 17.3. The molecule has 1 aromatic carbocycles. The van der Waals surface area contributed by atoms with Gasteiger partial charge in [-0.25, -0.2) is 4.79 Å². The van der Waals surface area contributed by atoms with Gasteiger partial charge in [0.25, 0.3) is 0 Å². The minimum absolute atomic E-state index is 0.0925. The second kappa shape index (κ2) is 6.24. The quantitative estimate of drug-likeness (QED) is 0.582. The van der Waals surface area contributed by atoms with Crippen LogP contribution in [0, 0.1) is 12.3 Å². The van der Waals surface area contributed by atoms with Gasteiger partial charge in [-0.15, -0.1) is 0 Å². The summed E-state index contributed by atoms with van der Waals surface area (Å²) in [6, 6.07) is 3.59. The summed E-state index contributed by atoms with van der Waals surface area (Å²) >= 11 is 0. The number of fused-ring (bicyclic) bond motifs is 1. The van der Waals surface area contributed by atoms with E-state index in [1.807, 2.05) is 13.0 Å². The summed E-state index contributed by atoms with van der Waals surface area (Å²) in [5, 5.41) is 8.52. The smallest absolute Gasteiger partial charge is 0.342 e. The standard InChI is InChI=1S/C17H21N3O3/c1-5-23-17(22)15-12-6-8(2)11(7-13(12)20-16(15)19)14(9(3)18)10(4)21/h6-7,14,18,20H,5,19H2,1-4H3. The third-order valence-electron chi connectivity index (χ3n) is 3.84. The van der Waals surface area contributed by atoms with Crippen LogP contribution in [-0.4, -0.2) is 29.1 Å². The predicted octanol–water partition coefficient (Wildman–Crippen LogP) is 2.95. The van der Waals surface area contributed by atoms with E-state index in [0.29, 0.717) is 16.5 Å². The number of nitrogens with two attached hydrogens (primary N) is 1. The molecule has 0 aliphatic heterocycles. The van der Waals surface area contributed by atoms with Gasteiger partial charge in [-0.3, -0.25) is 4.79 Å². The summed E-state index contributed by atoms with van der Waals surface area (Å²) in [6.45, 7) is 6.94. The van der Waals surface area contributed by atoms with Gasteiger partial charge in [0.1, 0.15) is 17.2 Å². The van der Waals surface area contributed by atoms with Gasteiger partial charge in [0.05, 0.1) is 12.5 Å². The molecule has 122 valence electrons. The number of nitrogen functional groups attached to an aromatic ring is 1. The Hall–Kier alpha value is -2.63. The number of benzene rings is 1. The summed E-state index contributed by atoms with van der Waals surface area (Å²) in [6.07, 6.45) is 0. The number of carbonyl (C=O) groups excluding carboxylic acids is 2. The number of nitrogens with one attached hydrogen (secondary N) is 2. The number of hydrogen-bond donors (Lipinski definition) is 3. The third kappa shape index (κ3) is 2.97. The van der Waals surface area contributed by atoms with Gasteiger partial charge in [0, 0.05) is 16.6 Å². The first-order chi connectivity index (χ1) is 10.8. The van der Waals surface area contributed by atoms with Crippen LogP contribution in [-0.2, 0) is 9.53 Å². The zero-order valence-corrected chi connectivity index (χ0v) is 13.7. The number of anilines is 1. The highest BCUT2D eigenvalue weighted by Crippen LogP contribution is 2.31. The number of hydrogen-bond acceptors (Lipinski definition) is 5. The molecular weight excluding hydrogens is 294 g/mol. The van der Waals surface area contributed by atoms with Gasteiger partial charge >= 0.3 is 5.97 Å². The van der Waals surface area contributed by atoms with E-state index in [2.05, 4.69) is 4.98 Å². The number of aryl methyl sites for hydroxylation is 1. The van der Waals surface area contributed by atoms with E-state index < -0.39 is 11.9 Å². The average molecular weight is 315 g/mol. The topological polar surface area (TPSA) is 109 Å². The van der Waals surface area contributed by atoms with E-state index in [4.69, 9.17) is 15.9 Å². The highest BCUT2D eigenvalue weighted by atomic mass is 16.5. The molecule has 0 aliphatic rings. The van der Waals surface area contributed by atoms with Crippen molar-refractivity contribution in [3.63, 3.8) is 0 Å². The summed E-state index contributed by atoms with van der Waals surface area (Å²) in [5.74, 6) is -0.921. The highest BCUT2D eigenvalue weighted by Gasteiger charge is 2.24. The largest absolute Gasteiger partial charge is 0.462 e. The van der Waals surface area contributed by atoms with Crippen molar-refractivity contribution in [2.75, 3.05) is 12.3 Å². The van der Waals surface area contributed by atoms with Crippen molar-refractivity contribution in [1.29, 1.82) is 5.41 Å². The van der Waals surface area contributed by atoms with Crippen molar-refractivity contribution in [3.05, 3.63) is 28.8 Å². The van der Waals surface area contributed by atoms with Gasteiger partial charge in [-0.2, -0.15) is 0 Å². The van der Waals surface area contributed by atoms with Crippen LogP contribution in [0.15, 0.2) is 12.1 Å². The Balaban J connectivity index is 2.67. The maximum absolute atomic E-state index is 12.1. The monoisotopic (exact) mass is 315 g/mol. The van der Waals surface area contributed by atoms with Gasteiger partial charge in [-0.1, -0.05) is 0 Å². The summed E-state index contributed by atoms with van der Waals surface area (Å²) in [4.78, 5) is 26.9. The number of aromatic amines is 1. The fraction of sp³-hybridized carbons (Fsp3) is 0.353. The molecule has 23 heavy (non-hydrogen) atoms. The minimum Gasteiger partial charge on any atom is -0.462 e. The van der Waals surface area contributed by atoms with Crippen LogP contribution in [0.1, 0.15) is 48.2 Å². The summed E-state index contributed by atoms with van der Waals surface area (Å²) < 4.78 is 5.04. The fourth-order valence-electron chi connectivity index (χ4n) is 2.88. The van der Waals surface area contributed by atoms with E-state index in [1.54, 1.807) is 19.9 Å². The van der Waals surface area contributed by atoms with Crippen molar-refractivity contribution in [1.82, 2.24) is 4.98 Å². The lowest BCUT2D eigenvalue weighted by atomic mass is 9.87. The molecule has 0 radical (unpaired) electrons. The Morgan fingerprint density at radius 2 is 2.00 bits per heavy atom. The number of Topliss-reactive ketones (excluding diaryl/α,β-unsaturated/α-hetero) is 1. The maximum Gasteiger partial charge on any atom is 0.342 e. The van der Waals surface area contributed by atoms with Gasteiger partial charge in [0.2, 0.25) is 0 Å². The number of ketones is 1. The molecule has 1 atom stereocenters. The number of aromatic nitrogens is 1. The minimum atomic E-state index is -0.588. The Labute approximate surface area is 134 Å². The van der Waals surface area contributed by atoms with Crippen molar-refractivity contribution in [3.8, 4) is 0 Å². The first-order valence-corrected chi connectivity index (χ1v) is 7.42. The summed E-state index contributed by atoms with van der Waals surface area (Å²) in [7, 11) is 0.